The lowest BCUT2D eigenvalue weighted by atomic mass is 9.61. The lowest BCUT2D eigenvalue weighted by Gasteiger charge is -2.45. The standard InChI is InChI=1S/C25H15BBrNO/c26-15-9-11-21-19(13-15)25(20-14-16(27)10-12-22(20)28-21)17-5-1-3-7-23(17)29-24-8-4-2-6-18(24)25/h1-14,28H. The van der Waals surface area contributed by atoms with Gasteiger partial charge in [-0.05, 0) is 47.5 Å². The summed E-state index contributed by atoms with van der Waals surface area (Å²) in [5.74, 6) is 1.74. The second kappa shape index (κ2) is 6.01. The fourth-order valence-electron chi connectivity index (χ4n) is 4.78. The van der Waals surface area contributed by atoms with Crippen LogP contribution in [0.15, 0.2) is 89.4 Å². The Bertz CT molecular complexity index is 1200. The summed E-state index contributed by atoms with van der Waals surface area (Å²) >= 11 is 3.69. The van der Waals surface area contributed by atoms with Crippen LogP contribution in [-0.2, 0) is 5.41 Å². The van der Waals surface area contributed by atoms with Crippen LogP contribution in [0.2, 0.25) is 0 Å². The molecule has 0 aliphatic carbocycles. The summed E-state index contributed by atoms with van der Waals surface area (Å²) in [6, 6.07) is 29.1. The van der Waals surface area contributed by atoms with Crippen LogP contribution in [-0.4, -0.2) is 7.85 Å². The van der Waals surface area contributed by atoms with Gasteiger partial charge in [0.2, 0.25) is 0 Å². The highest BCUT2D eigenvalue weighted by Gasteiger charge is 2.49. The van der Waals surface area contributed by atoms with E-state index in [1.54, 1.807) is 0 Å². The minimum atomic E-state index is -0.527. The van der Waals surface area contributed by atoms with Gasteiger partial charge < -0.3 is 10.1 Å². The molecule has 0 fully saturated rings. The normalized spacial score (nSPS) is 14.7. The van der Waals surface area contributed by atoms with E-state index in [9.17, 15) is 0 Å². The van der Waals surface area contributed by atoms with Crippen LogP contribution in [0.5, 0.6) is 11.5 Å². The minimum Gasteiger partial charge on any atom is -0.457 e. The predicted octanol–water partition coefficient (Wildman–Crippen LogP) is 5.79. The van der Waals surface area contributed by atoms with E-state index >= 15 is 0 Å². The van der Waals surface area contributed by atoms with Gasteiger partial charge >= 0.3 is 0 Å². The molecule has 2 nitrogen and oxygen atoms in total. The molecule has 0 bridgehead atoms. The summed E-state index contributed by atoms with van der Waals surface area (Å²) in [6.45, 7) is 0. The number of ether oxygens (including phenoxy) is 1. The summed E-state index contributed by atoms with van der Waals surface area (Å²) in [5.41, 5.74) is 6.89. The third kappa shape index (κ3) is 2.24. The topological polar surface area (TPSA) is 21.3 Å². The predicted molar refractivity (Wildman–Crippen MR) is 121 cm³/mol. The summed E-state index contributed by atoms with van der Waals surface area (Å²) in [5, 5.41) is 3.61. The second-order valence-corrected chi connectivity index (χ2v) is 8.38. The Labute approximate surface area is 179 Å². The number of para-hydroxylation sites is 2. The van der Waals surface area contributed by atoms with E-state index in [1.807, 2.05) is 30.3 Å². The molecule has 4 heteroatoms. The molecule has 0 saturated carbocycles. The van der Waals surface area contributed by atoms with Gasteiger partial charge in [-0.25, -0.2) is 0 Å². The summed E-state index contributed by atoms with van der Waals surface area (Å²) in [7, 11) is 6.29. The Morgan fingerprint density at radius 3 is 1.97 bits per heavy atom. The Hall–Kier alpha value is -2.98. The molecule has 0 amide bonds. The maximum atomic E-state index is 6.33. The molecule has 1 spiro atoms. The highest BCUT2D eigenvalue weighted by atomic mass is 79.9. The monoisotopic (exact) mass is 435 g/mol. The van der Waals surface area contributed by atoms with Gasteiger partial charge in [0, 0.05) is 27.0 Å². The molecule has 0 unspecified atom stereocenters. The highest BCUT2D eigenvalue weighted by molar-refractivity contribution is 9.10. The Morgan fingerprint density at radius 2 is 1.28 bits per heavy atom. The van der Waals surface area contributed by atoms with E-state index in [1.165, 1.54) is 5.56 Å². The van der Waals surface area contributed by atoms with Crippen molar-refractivity contribution in [2.75, 3.05) is 5.32 Å². The average Bonchev–Trinajstić information content (AvgIpc) is 2.74. The van der Waals surface area contributed by atoms with Gasteiger partial charge in [-0.3, -0.25) is 0 Å². The Balaban J connectivity index is 1.86. The number of rotatable bonds is 0. The third-order valence-corrected chi connectivity index (χ3v) is 6.40. The van der Waals surface area contributed by atoms with Crippen LogP contribution < -0.4 is 15.5 Å². The van der Waals surface area contributed by atoms with Crippen molar-refractivity contribution in [1.29, 1.82) is 0 Å². The molecule has 29 heavy (non-hydrogen) atoms. The first kappa shape index (κ1) is 16.9. The lowest BCUT2D eigenvalue weighted by molar-refractivity contribution is 0.434. The molecule has 2 aliphatic heterocycles. The maximum Gasteiger partial charge on any atom is 0.132 e. The summed E-state index contributed by atoms with van der Waals surface area (Å²) < 4.78 is 7.37. The van der Waals surface area contributed by atoms with Crippen molar-refractivity contribution in [3.8, 4) is 11.5 Å². The van der Waals surface area contributed by atoms with E-state index in [0.29, 0.717) is 0 Å². The van der Waals surface area contributed by atoms with Crippen LogP contribution >= 0.6 is 15.9 Å². The van der Waals surface area contributed by atoms with Crippen LogP contribution in [0.3, 0.4) is 0 Å². The van der Waals surface area contributed by atoms with E-state index in [2.05, 4.69) is 75.8 Å². The van der Waals surface area contributed by atoms with Gasteiger partial charge in [-0.15, -0.1) is 0 Å². The van der Waals surface area contributed by atoms with Crippen molar-refractivity contribution in [3.05, 3.63) is 112 Å². The highest BCUT2D eigenvalue weighted by Crippen LogP contribution is 2.60. The van der Waals surface area contributed by atoms with Gasteiger partial charge in [-0.1, -0.05) is 69.9 Å². The van der Waals surface area contributed by atoms with Crippen molar-refractivity contribution in [1.82, 2.24) is 0 Å². The van der Waals surface area contributed by atoms with Crippen LogP contribution in [0.1, 0.15) is 22.3 Å². The molecule has 2 aliphatic rings. The number of hydrogen-bond donors (Lipinski definition) is 1. The first-order valence-electron chi connectivity index (χ1n) is 9.52. The minimum absolute atomic E-state index is 0.527. The number of anilines is 2. The Kier molecular flexibility index (Phi) is 3.51. The first-order chi connectivity index (χ1) is 14.2. The van der Waals surface area contributed by atoms with Crippen molar-refractivity contribution < 1.29 is 4.74 Å². The molecule has 136 valence electrons. The third-order valence-electron chi connectivity index (χ3n) is 5.90. The van der Waals surface area contributed by atoms with Gasteiger partial charge in [0.1, 0.15) is 19.3 Å². The molecule has 2 radical (unpaired) electrons. The average molecular weight is 436 g/mol. The smallest absolute Gasteiger partial charge is 0.132 e. The van der Waals surface area contributed by atoms with Crippen LogP contribution in [0, 0.1) is 0 Å². The molecule has 1 N–H and O–H groups in total. The van der Waals surface area contributed by atoms with Gasteiger partial charge in [0.15, 0.2) is 0 Å². The number of hydrogen-bond acceptors (Lipinski definition) is 2. The molecule has 2 heterocycles. The molecule has 0 aromatic heterocycles. The Morgan fingerprint density at radius 1 is 0.690 bits per heavy atom. The zero-order chi connectivity index (χ0) is 19.6. The van der Waals surface area contributed by atoms with E-state index < -0.39 is 5.41 Å². The quantitative estimate of drug-likeness (QED) is 0.305. The maximum absolute atomic E-state index is 6.33. The zero-order valence-electron chi connectivity index (χ0n) is 15.4. The zero-order valence-corrected chi connectivity index (χ0v) is 17.0. The number of nitrogens with one attached hydrogen (secondary N) is 1. The fourth-order valence-corrected chi connectivity index (χ4v) is 5.14. The second-order valence-electron chi connectivity index (χ2n) is 7.46. The molecular weight excluding hydrogens is 421 g/mol. The molecule has 0 saturated heterocycles. The lowest BCUT2D eigenvalue weighted by Crippen LogP contribution is -2.38. The fraction of sp³-hybridized carbons (Fsp3) is 0.0400. The van der Waals surface area contributed by atoms with E-state index in [-0.39, 0.29) is 0 Å². The molecule has 4 aromatic carbocycles. The molecule has 0 atom stereocenters. The van der Waals surface area contributed by atoms with Crippen LogP contribution in [0.25, 0.3) is 0 Å². The van der Waals surface area contributed by atoms with Gasteiger partial charge in [0.05, 0.1) is 5.41 Å². The van der Waals surface area contributed by atoms with E-state index in [4.69, 9.17) is 12.6 Å². The molecule has 4 aromatic rings. The van der Waals surface area contributed by atoms with Crippen molar-refractivity contribution in [3.63, 3.8) is 0 Å². The SMILES string of the molecule is [B]c1ccc2c(c1)C1(c3cc(Br)ccc3N2)c2ccccc2Oc2ccccc21. The van der Waals surface area contributed by atoms with Gasteiger partial charge in [0.25, 0.3) is 0 Å². The summed E-state index contributed by atoms with van der Waals surface area (Å²) in [4.78, 5) is 0. The van der Waals surface area contributed by atoms with Crippen LogP contribution in [0.4, 0.5) is 11.4 Å². The van der Waals surface area contributed by atoms with Crippen molar-refractivity contribution >= 4 is 40.6 Å². The number of fused-ring (bicyclic) bond motifs is 8. The summed E-state index contributed by atoms with van der Waals surface area (Å²) in [6.07, 6.45) is 0. The van der Waals surface area contributed by atoms with Crippen molar-refractivity contribution in [2.45, 2.75) is 5.41 Å². The molecule has 6 rings (SSSR count). The largest absolute Gasteiger partial charge is 0.457 e. The van der Waals surface area contributed by atoms with Crippen molar-refractivity contribution in [2.24, 2.45) is 0 Å². The van der Waals surface area contributed by atoms with E-state index in [0.717, 1.165) is 49.5 Å². The first-order valence-corrected chi connectivity index (χ1v) is 10.3. The number of halogens is 1. The molecular formula is C25H15BBrNO. The number of benzene rings is 4. The van der Waals surface area contributed by atoms with Gasteiger partial charge in [-0.2, -0.15) is 0 Å².